The summed E-state index contributed by atoms with van der Waals surface area (Å²) in [6, 6.07) is 19.5. The number of ether oxygens (including phenoxy) is 1. The van der Waals surface area contributed by atoms with Crippen molar-refractivity contribution in [3.8, 4) is 5.75 Å². The fourth-order valence-corrected chi connectivity index (χ4v) is 4.09. The van der Waals surface area contributed by atoms with E-state index in [1.807, 2.05) is 12.1 Å². The molecule has 0 aliphatic rings. The number of hydrogen-bond donors (Lipinski definition) is 2. The number of halogens is 1. The van der Waals surface area contributed by atoms with Crippen LogP contribution in [0.25, 0.3) is 0 Å². The molecule has 3 aromatic rings. The Balaban J connectivity index is 1.64. The number of sulfonamides is 1. The molecule has 0 saturated carbocycles. The number of nitrogens with zero attached hydrogens (tertiary/aromatic N) is 1. The van der Waals surface area contributed by atoms with E-state index >= 15 is 0 Å². The maximum absolute atomic E-state index is 12.4. The van der Waals surface area contributed by atoms with Crippen LogP contribution in [-0.4, -0.2) is 27.1 Å². The van der Waals surface area contributed by atoms with Crippen LogP contribution in [0.4, 0.5) is 5.69 Å². The fourth-order valence-electron chi connectivity index (χ4n) is 2.63. The van der Waals surface area contributed by atoms with Crippen molar-refractivity contribution >= 4 is 43.8 Å². The Morgan fingerprint density at radius 2 is 1.78 bits per heavy atom. The molecule has 0 aliphatic heterocycles. The lowest BCUT2D eigenvalue weighted by Gasteiger charge is -2.09. The zero-order chi connectivity index (χ0) is 23.0. The minimum atomic E-state index is -3.70. The van der Waals surface area contributed by atoms with Crippen molar-refractivity contribution in [2.75, 3.05) is 11.3 Å². The first kappa shape index (κ1) is 23.2. The number of hydrogen-bond acceptors (Lipinski definition) is 5. The average Bonchev–Trinajstić information content (AvgIpc) is 2.79. The molecule has 0 unspecified atom stereocenters. The van der Waals surface area contributed by atoms with Crippen LogP contribution in [0.1, 0.15) is 15.9 Å². The highest BCUT2D eigenvalue weighted by Gasteiger charge is 2.14. The zero-order valence-corrected chi connectivity index (χ0v) is 19.3. The number of carbonyl (C=O) groups is 1. The minimum Gasteiger partial charge on any atom is -0.489 e. The van der Waals surface area contributed by atoms with Gasteiger partial charge in [-0.3, -0.25) is 9.52 Å². The van der Waals surface area contributed by atoms with Gasteiger partial charge in [-0.05, 0) is 54.6 Å². The first-order valence-corrected chi connectivity index (χ1v) is 11.7. The Kier molecular flexibility index (Phi) is 7.80. The number of anilines is 1. The van der Waals surface area contributed by atoms with Gasteiger partial charge >= 0.3 is 0 Å². The summed E-state index contributed by atoms with van der Waals surface area (Å²) in [6.45, 7) is 3.96. The normalized spacial score (nSPS) is 11.2. The van der Waals surface area contributed by atoms with Gasteiger partial charge in [0.1, 0.15) is 12.4 Å². The quantitative estimate of drug-likeness (QED) is 0.248. The lowest BCUT2D eigenvalue weighted by molar-refractivity contribution is 0.0955. The van der Waals surface area contributed by atoms with Crippen LogP contribution in [-0.2, 0) is 10.0 Å². The maximum atomic E-state index is 12.4. The van der Waals surface area contributed by atoms with E-state index in [-0.39, 0.29) is 4.90 Å². The minimum absolute atomic E-state index is 0.153. The molecule has 0 atom stereocenters. The van der Waals surface area contributed by atoms with Crippen LogP contribution in [0.3, 0.4) is 0 Å². The third-order valence-corrected chi connectivity index (χ3v) is 6.04. The predicted molar refractivity (Wildman–Crippen MR) is 129 cm³/mol. The van der Waals surface area contributed by atoms with Crippen LogP contribution in [0.15, 0.2) is 99.9 Å². The maximum Gasteiger partial charge on any atom is 0.271 e. The van der Waals surface area contributed by atoms with Crippen LogP contribution in [0, 0.1) is 0 Å². The van der Waals surface area contributed by atoms with Crippen LogP contribution >= 0.6 is 15.9 Å². The molecule has 0 aliphatic carbocycles. The highest BCUT2D eigenvalue weighted by atomic mass is 79.9. The highest BCUT2D eigenvalue weighted by molar-refractivity contribution is 9.10. The topological polar surface area (TPSA) is 96.9 Å². The molecule has 3 aromatic carbocycles. The molecule has 0 spiro atoms. The molecule has 0 saturated heterocycles. The largest absolute Gasteiger partial charge is 0.489 e. The van der Waals surface area contributed by atoms with Gasteiger partial charge in [-0.15, -0.1) is 0 Å². The molecule has 164 valence electrons. The summed E-state index contributed by atoms with van der Waals surface area (Å²) >= 11 is 3.39. The molecular formula is C23H20BrN3O4S. The predicted octanol–water partition coefficient (Wildman–Crippen LogP) is 4.58. The van der Waals surface area contributed by atoms with E-state index < -0.39 is 15.9 Å². The van der Waals surface area contributed by atoms with Crippen molar-refractivity contribution in [3.63, 3.8) is 0 Å². The van der Waals surface area contributed by atoms with Gasteiger partial charge in [-0.1, -0.05) is 46.8 Å². The zero-order valence-electron chi connectivity index (χ0n) is 16.9. The van der Waals surface area contributed by atoms with E-state index in [2.05, 4.69) is 37.8 Å². The number of carbonyl (C=O) groups excluding carboxylic acids is 1. The second-order valence-electron chi connectivity index (χ2n) is 6.48. The Morgan fingerprint density at radius 1 is 1.06 bits per heavy atom. The molecule has 0 aromatic heterocycles. The molecule has 0 fully saturated rings. The molecule has 2 N–H and O–H groups in total. The van der Waals surface area contributed by atoms with E-state index in [0.717, 1.165) is 4.47 Å². The van der Waals surface area contributed by atoms with Crippen molar-refractivity contribution in [1.29, 1.82) is 0 Å². The number of hydrazone groups is 1. The molecule has 32 heavy (non-hydrogen) atoms. The number of rotatable bonds is 9. The Bertz CT molecular complexity index is 1230. The van der Waals surface area contributed by atoms with Crippen LogP contribution < -0.4 is 14.9 Å². The third-order valence-electron chi connectivity index (χ3n) is 4.15. The van der Waals surface area contributed by atoms with Crippen molar-refractivity contribution < 1.29 is 17.9 Å². The van der Waals surface area contributed by atoms with Crippen molar-refractivity contribution in [1.82, 2.24) is 5.43 Å². The molecule has 9 heteroatoms. The molecule has 0 heterocycles. The van der Waals surface area contributed by atoms with Gasteiger partial charge in [0.2, 0.25) is 0 Å². The SMILES string of the molecule is C=CCOc1ccc(Br)cc1/C=N/NC(=O)c1ccc(NS(=O)(=O)c2ccccc2)cc1. The average molecular weight is 514 g/mol. The molecule has 0 radical (unpaired) electrons. The second kappa shape index (κ2) is 10.7. The summed E-state index contributed by atoms with van der Waals surface area (Å²) in [6.07, 6.45) is 3.11. The summed E-state index contributed by atoms with van der Waals surface area (Å²) in [5.74, 6) is 0.156. The van der Waals surface area contributed by atoms with Gasteiger partial charge in [0.15, 0.2) is 0 Å². The van der Waals surface area contributed by atoms with Gasteiger partial charge in [0.25, 0.3) is 15.9 Å². The van der Waals surface area contributed by atoms with Crippen LogP contribution in [0.5, 0.6) is 5.75 Å². The standard InChI is InChI=1S/C23H20BrN3O4S/c1-2-14-31-22-13-10-19(24)15-18(22)16-25-26-23(28)17-8-11-20(12-9-17)27-32(29,30)21-6-4-3-5-7-21/h2-13,15-16,27H,1,14H2,(H,26,28)/b25-16+. The fraction of sp³-hybridized carbons (Fsp3) is 0.0435. The number of nitrogens with one attached hydrogen (secondary N) is 2. The van der Waals surface area contributed by atoms with Gasteiger partial charge in [0, 0.05) is 21.3 Å². The molecule has 3 rings (SSSR count). The monoisotopic (exact) mass is 513 g/mol. The summed E-state index contributed by atoms with van der Waals surface area (Å²) in [5, 5.41) is 3.99. The van der Waals surface area contributed by atoms with E-state index in [1.165, 1.54) is 42.6 Å². The second-order valence-corrected chi connectivity index (χ2v) is 9.07. The Labute approximate surface area is 195 Å². The number of amides is 1. The summed E-state index contributed by atoms with van der Waals surface area (Å²) in [5.41, 5.74) is 3.78. The van der Waals surface area contributed by atoms with Crippen molar-refractivity contribution in [2.24, 2.45) is 5.10 Å². The molecule has 1 amide bonds. The smallest absolute Gasteiger partial charge is 0.271 e. The lowest BCUT2D eigenvalue weighted by atomic mass is 10.2. The Morgan fingerprint density at radius 3 is 2.47 bits per heavy atom. The summed E-state index contributed by atoms with van der Waals surface area (Å²) in [7, 11) is -3.70. The van der Waals surface area contributed by atoms with E-state index in [9.17, 15) is 13.2 Å². The van der Waals surface area contributed by atoms with E-state index in [4.69, 9.17) is 4.74 Å². The summed E-state index contributed by atoms with van der Waals surface area (Å²) < 4.78 is 33.7. The number of benzene rings is 3. The van der Waals surface area contributed by atoms with Gasteiger partial charge in [-0.2, -0.15) is 5.10 Å². The first-order valence-electron chi connectivity index (χ1n) is 9.43. The third kappa shape index (κ3) is 6.29. The van der Waals surface area contributed by atoms with E-state index in [0.29, 0.717) is 29.2 Å². The van der Waals surface area contributed by atoms with Crippen molar-refractivity contribution in [3.05, 3.63) is 101 Å². The Hall–Kier alpha value is -3.43. The molecule has 7 nitrogen and oxygen atoms in total. The lowest BCUT2D eigenvalue weighted by Crippen LogP contribution is -2.18. The van der Waals surface area contributed by atoms with Gasteiger partial charge in [-0.25, -0.2) is 13.8 Å². The first-order chi connectivity index (χ1) is 15.4. The summed E-state index contributed by atoms with van der Waals surface area (Å²) in [4.78, 5) is 12.5. The molecule has 0 bridgehead atoms. The van der Waals surface area contributed by atoms with Gasteiger partial charge in [0.05, 0.1) is 11.1 Å². The molecular weight excluding hydrogens is 494 g/mol. The van der Waals surface area contributed by atoms with Gasteiger partial charge < -0.3 is 4.74 Å². The van der Waals surface area contributed by atoms with Crippen LogP contribution in [0.2, 0.25) is 0 Å². The van der Waals surface area contributed by atoms with Crippen molar-refractivity contribution in [2.45, 2.75) is 4.90 Å². The van der Waals surface area contributed by atoms with E-state index in [1.54, 1.807) is 30.3 Å². The highest BCUT2D eigenvalue weighted by Crippen LogP contribution is 2.22.